The molecular weight excluding hydrogens is 336 g/mol. The second-order valence-corrected chi connectivity index (χ2v) is 6.86. The third-order valence-corrected chi connectivity index (χ3v) is 4.67. The van der Waals surface area contributed by atoms with Crippen molar-refractivity contribution in [2.24, 2.45) is 0 Å². The normalized spacial score (nSPS) is 11.0. The van der Waals surface area contributed by atoms with Gasteiger partial charge in [0.05, 0.1) is 13.3 Å². The lowest BCUT2D eigenvalue weighted by atomic mass is 10.1. The summed E-state index contributed by atoms with van der Waals surface area (Å²) < 4.78 is 32.2. The van der Waals surface area contributed by atoms with Gasteiger partial charge in [-0.1, -0.05) is 64.2 Å². The lowest BCUT2D eigenvalue weighted by Crippen LogP contribution is -2.13. The molecule has 0 aromatic carbocycles. The number of halogens is 2. The van der Waals surface area contributed by atoms with Gasteiger partial charge in [-0.05, 0) is 25.8 Å². The smallest absolute Gasteiger partial charge is 0.358 e. The summed E-state index contributed by atoms with van der Waals surface area (Å²) in [5.41, 5.74) is 0.0402. The number of hydrogen-bond acceptors (Lipinski definition) is 2. The molecule has 0 radical (unpaired) electrons. The maximum Gasteiger partial charge on any atom is 0.358 e. The molecule has 1 rings (SSSR count). The van der Waals surface area contributed by atoms with Crippen molar-refractivity contribution in [3.63, 3.8) is 0 Å². The molecule has 5 heteroatoms. The molecule has 0 aliphatic carbocycles. The SMILES string of the molecule is CCOC(=O)c1c(F)ccn1CCCCCCCCCCCCCCF. The highest BCUT2D eigenvalue weighted by Gasteiger charge is 2.18. The van der Waals surface area contributed by atoms with E-state index in [0.29, 0.717) is 6.54 Å². The topological polar surface area (TPSA) is 31.2 Å². The maximum absolute atomic E-state index is 13.7. The standard InChI is InChI=1S/C21H35F2NO2/c1-2-26-21(25)20-19(23)15-18-24(20)17-14-12-10-8-6-4-3-5-7-9-11-13-16-22/h15,18H,2-14,16-17H2,1H3. The first-order chi connectivity index (χ1) is 12.7. The zero-order chi connectivity index (χ0) is 19.0. The van der Waals surface area contributed by atoms with Crippen molar-refractivity contribution >= 4 is 5.97 Å². The molecule has 0 aliphatic heterocycles. The summed E-state index contributed by atoms with van der Waals surface area (Å²) in [4.78, 5) is 11.8. The van der Waals surface area contributed by atoms with Gasteiger partial charge in [0.1, 0.15) is 0 Å². The van der Waals surface area contributed by atoms with Crippen LogP contribution in [0.3, 0.4) is 0 Å². The van der Waals surface area contributed by atoms with Crippen LogP contribution in [-0.4, -0.2) is 23.8 Å². The van der Waals surface area contributed by atoms with E-state index < -0.39 is 11.8 Å². The van der Waals surface area contributed by atoms with E-state index in [2.05, 4.69) is 0 Å². The first kappa shape index (κ1) is 22.7. The summed E-state index contributed by atoms with van der Waals surface area (Å²) in [5.74, 6) is -1.09. The second-order valence-electron chi connectivity index (χ2n) is 6.86. The van der Waals surface area contributed by atoms with Crippen LogP contribution in [0.5, 0.6) is 0 Å². The Morgan fingerprint density at radius 3 is 1.92 bits per heavy atom. The van der Waals surface area contributed by atoms with E-state index in [0.717, 1.165) is 32.1 Å². The molecule has 0 fully saturated rings. The Morgan fingerprint density at radius 2 is 1.42 bits per heavy atom. The fourth-order valence-electron chi connectivity index (χ4n) is 3.19. The maximum atomic E-state index is 13.7. The molecule has 150 valence electrons. The zero-order valence-corrected chi connectivity index (χ0v) is 16.3. The molecule has 0 N–H and O–H groups in total. The average Bonchev–Trinajstić information content (AvgIpc) is 3.00. The Morgan fingerprint density at radius 1 is 0.923 bits per heavy atom. The number of alkyl halides is 1. The van der Waals surface area contributed by atoms with Crippen molar-refractivity contribution in [3.8, 4) is 0 Å². The number of hydrogen-bond donors (Lipinski definition) is 0. The molecule has 0 bridgehead atoms. The fraction of sp³-hybridized carbons (Fsp3) is 0.762. The van der Waals surface area contributed by atoms with E-state index in [1.807, 2.05) is 0 Å². The minimum absolute atomic E-state index is 0.0402. The van der Waals surface area contributed by atoms with Gasteiger partial charge < -0.3 is 9.30 Å². The van der Waals surface area contributed by atoms with Crippen LogP contribution >= 0.6 is 0 Å². The fourth-order valence-corrected chi connectivity index (χ4v) is 3.19. The number of esters is 1. The summed E-state index contributed by atoms with van der Waals surface area (Å²) in [6, 6.07) is 1.32. The molecule has 1 heterocycles. The molecule has 3 nitrogen and oxygen atoms in total. The highest BCUT2D eigenvalue weighted by molar-refractivity contribution is 5.88. The van der Waals surface area contributed by atoms with Gasteiger partial charge >= 0.3 is 5.97 Å². The quantitative estimate of drug-likeness (QED) is 0.247. The van der Waals surface area contributed by atoms with E-state index in [1.54, 1.807) is 17.7 Å². The highest BCUT2D eigenvalue weighted by atomic mass is 19.1. The van der Waals surface area contributed by atoms with E-state index in [4.69, 9.17) is 4.74 Å². The number of aromatic nitrogens is 1. The van der Waals surface area contributed by atoms with E-state index >= 15 is 0 Å². The number of unbranched alkanes of at least 4 members (excludes halogenated alkanes) is 11. The van der Waals surface area contributed by atoms with Gasteiger partial charge in [-0.2, -0.15) is 0 Å². The predicted octanol–water partition coefficient (Wildman–Crippen LogP) is 6.45. The van der Waals surface area contributed by atoms with Crippen molar-refractivity contribution in [1.82, 2.24) is 4.57 Å². The molecule has 0 atom stereocenters. The summed E-state index contributed by atoms with van der Waals surface area (Å²) in [7, 11) is 0. The minimum Gasteiger partial charge on any atom is -0.461 e. The number of carbonyl (C=O) groups excluding carboxylic acids is 1. The first-order valence-corrected chi connectivity index (χ1v) is 10.3. The van der Waals surface area contributed by atoms with Crippen LogP contribution in [0, 0.1) is 5.82 Å². The van der Waals surface area contributed by atoms with E-state index in [-0.39, 0.29) is 19.0 Å². The van der Waals surface area contributed by atoms with Gasteiger partial charge in [0.25, 0.3) is 0 Å². The summed E-state index contributed by atoms with van der Waals surface area (Å²) >= 11 is 0. The van der Waals surface area contributed by atoms with Gasteiger partial charge in [-0.3, -0.25) is 4.39 Å². The third-order valence-electron chi connectivity index (χ3n) is 4.67. The summed E-state index contributed by atoms with van der Waals surface area (Å²) in [5, 5.41) is 0. The highest BCUT2D eigenvalue weighted by Crippen LogP contribution is 2.15. The van der Waals surface area contributed by atoms with Crippen LogP contribution in [0.4, 0.5) is 8.78 Å². The molecule has 0 spiro atoms. The first-order valence-electron chi connectivity index (χ1n) is 10.3. The van der Waals surface area contributed by atoms with Crippen LogP contribution in [-0.2, 0) is 11.3 Å². The van der Waals surface area contributed by atoms with Crippen molar-refractivity contribution in [2.45, 2.75) is 90.5 Å². The third kappa shape index (κ3) is 9.35. The van der Waals surface area contributed by atoms with Gasteiger partial charge in [-0.15, -0.1) is 0 Å². The predicted molar refractivity (Wildman–Crippen MR) is 102 cm³/mol. The van der Waals surface area contributed by atoms with Crippen molar-refractivity contribution < 1.29 is 18.3 Å². The molecule has 0 aliphatic rings. The number of aryl methyl sites for hydroxylation is 1. The van der Waals surface area contributed by atoms with Crippen LogP contribution in [0.1, 0.15) is 94.5 Å². The second kappa shape index (κ2) is 14.7. The molecule has 26 heavy (non-hydrogen) atoms. The monoisotopic (exact) mass is 371 g/mol. The van der Waals surface area contributed by atoms with Crippen LogP contribution < -0.4 is 0 Å². The van der Waals surface area contributed by atoms with Crippen LogP contribution in [0.2, 0.25) is 0 Å². The Kier molecular flexibility index (Phi) is 12.8. The Bertz CT molecular complexity index is 488. The molecule has 0 saturated heterocycles. The Hall–Kier alpha value is -1.39. The number of carbonyl (C=O) groups is 1. The largest absolute Gasteiger partial charge is 0.461 e. The van der Waals surface area contributed by atoms with Gasteiger partial charge in [0.15, 0.2) is 11.5 Å². The van der Waals surface area contributed by atoms with Crippen LogP contribution in [0.25, 0.3) is 0 Å². The van der Waals surface area contributed by atoms with Crippen molar-refractivity contribution in [1.29, 1.82) is 0 Å². The zero-order valence-electron chi connectivity index (χ0n) is 16.3. The molecular formula is C21H35F2NO2. The number of rotatable bonds is 16. The molecule has 0 unspecified atom stereocenters. The Balaban J connectivity index is 2.02. The molecule has 0 amide bonds. The van der Waals surface area contributed by atoms with Gasteiger partial charge in [0, 0.05) is 12.7 Å². The van der Waals surface area contributed by atoms with Gasteiger partial charge in [-0.25, -0.2) is 9.18 Å². The van der Waals surface area contributed by atoms with Crippen molar-refractivity contribution in [2.75, 3.05) is 13.3 Å². The lowest BCUT2D eigenvalue weighted by Gasteiger charge is -2.08. The Labute approximate surface area is 157 Å². The van der Waals surface area contributed by atoms with E-state index in [9.17, 15) is 13.6 Å². The molecule has 0 saturated carbocycles. The summed E-state index contributed by atoms with van der Waals surface area (Å²) in [6.45, 7) is 2.44. The molecule has 1 aromatic heterocycles. The lowest BCUT2D eigenvalue weighted by molar-refractivity contribution is 0.0508. The van der Waals surface area contributed by atoms with Crippen molar-refractivity contribution in [3.05, 3.63) is 23.8 Å². The summed E-state index contributed by atoms with van der Waals surface area (Å²) in [6.07, 6.45) is 15.3. The number of nitrogens with zero attached hydrogens (tertiary/aromatic N) is 1. The average molecular weight is 372 g/mol. The van der Waals surface area contributed by atoms with Gasteiger partial charge in [0.2, 0.25) is 0 Å². The number of ether oxygens (including phenoxy) is 1. The molecule has 1 aromatic rings. The van der Waals surface area contributed by atoms with E-state index in [1.165, 1.54) is 51.0 Å². The van der Waals surface area contributed by atoms with Crippen LogP contribution in [0.15, 0.2) is 12.3 Å². The minimum atomic E-state index is -0.584.